The molecular weight excluding hydrogens is 258 g/mol. The lowest BCUT2D eigenvalue weighted by molar-refractivity contribution is -0.137. The molecule has 0 heterocycles. The number of carboxylic acid groups (broad SMARTS) is 1. The van der Waals surface area contributed by atoms with Gasteiger partial charge in [-0.25, -0.2) is 4.79 Å². The summed E-state index contributed by atoms with van der Waals surface area (Å²) >= 11 is 0. The zero-order valence-electron chi connectivity index (χ0n) is 12.7. The number of likely N-dealkylation sites (N-methyl/N-ethyl adjacent to an activating group) is 1. The van der Waals surface area contributed by atoms with E-state index in [1.807, 2.05) is 6.92 Å². The van der Waals surface area contributed by atoms with Gasteiger partial charge in [-0.3, -0.25) is 4.79 Å². The van der Waals surface area contributed by atoms with Crippen LogP contribution in [0.1, 0.15) is 40.0 Å². The smallest absolute Gasteiger partial charge is 0.315 e. The van der Waals surface area contributed by atoms with Gasteiger partial charge in [-0.05, 0) is 38.8 Å². The highest BCUT2D eigenvalue weighted by atomic mass is 16.4. The Bertz CT molecular complexity index is 328. The quantitative estimate of drug-likeness (QED) is 0.596. The van der Waals surface area contributed by atoms with E-state index >= 15 is 0 Å². The average Bonchev–Trinajstić information content (AvgIpc) is 3.18. The van der Waals surface area contributed by atoms with Gasteiger partial charge in [-0.2, -0.15) is 0 Å². The minimum Gasteiger partial charge on any atom is -0.481 e. The monoisotopic (exact) mass is 285 g/mol. The van der Waals surface area contributed by atoms with E-state index in [9.17, 15) is 9.59 Å². The molecule has 0 spiro atoms. The lowest BCUT2D eigenvalue weighted by Crippen LogP contribution is -2.49. The van der Waals surface area contributed by atoms with Crippen molar-refractivity contribution in [2.45, 2.75) is 52.1 Å². The summed E-state index contributed by atoms with van der Waals surface area (Å²) in [6.45, 7) is 8.84. The molecule has 1 aliphatic carbocycles. The third-order valence-corrected chi connectivity index (χ3v) is 3.71. The van der Waals surface area contributed by atoms with Crippen molar-refractivity contribution in [3.05, 3.63) is 0 Å². The van der Waals surface area contributed by atoms with Crippen molar-refractivity contribution in [2.24, 2.45) is 5.92 Å². The number of carboxylic acids is 1. The van der Waals surface area contributed by atoms with Crippen molar-refractivity contribution in [1.29, 1.82) is 0 Å². The molecule has 1 saturated carbocycles. The minimum atomic E-state index is -0.863. The Morgan fingerprint density at radius 1 is 1.25 bits per heavy atom. The topological polar surface area (TPSA) is 81.7 Å². The first-order valence-corrected chi connectivity index (χ1v) is 7.47. The molecule has 2 atom stereocenters. The van der Waals surface area contributed by atoms with E-state index in [4.69, 9.17) is 5.11 Å². The van der Waals surface area contributed by atoms with Gasteiger partial charge >= 0.3 is 12.0 Å². The molecule has 1 aliphatic rings. The predicted octanol–water partition coefficient (Wildman–Crippen LogP) is 1.27. The third kappa shape index (κ3) is 6.23. The fraction of sp³-hybridized carbons (Fsp3) is 0.857. The second kappa shape index (κ2) is 8.09. The maximum atomic E-state index is 11.9. The SMILES string of the molecule is CCN(CC)CC(C)NC(=O)NC(CC(=O)O)C1CC1. The summed E-state index contributed by atoms with van der Waals surface area (Å²) in [7, 11) is 0. The standard InChI is InChI=1S/C14H27N3O3/c1-4-17(5-2)9-10(3)15-14(20)16-12(8-13(18)19)11-6-7-11/h10-12H,4-9H2,1-3H3,(H,18,19)(H2,15,16,20). The normalized spacial score (nSPS) is 17.6. The summed E-state index contributed by atoms with van der Waals surface area (Å²) in [6.07, 6.45) is 2.02. The Morgan fingerprint density at radius 2 is 1.85 bits per heavy atom. The predicted molar refractivity (Wildman–Crippen MR) is 77.7 cm³/mol. The first-order chi connectivity index (χ1) is 9.46. The van der Waals surface area contributed by atoms with Gasteiger partial charge in [0, 0.05) is 18.6 Å². The number of hydrogen-bond donors (Lipinski definition) is 3. The van der Waals surface area contributed by atoms with Crippen molar-refractivity contribution < 1.29 is 14.7 Å². The average molecular weight is 285 g/mol. The van der Waals surface area contributed by atoms with Crippen LogP contribution in [0.25, 0.3) is 0 Å². The summed E-state index contributed by atoms with van der Waals surface area (Å²) in [5.74, 6) is -0.534. The molecule has 2 amide bonds. The van der Waals surface area contributed by atoms with Gasteiger partial charge in [0.1, 0.15) is 0 Å². The second-order valence-electron chi connectivity index (χ2n) is 5.55. The van der Waals surface area contributed by atoms with Crippen molar-refractivity contribution in [2.75, 3.05) is 19.6 Å². The molecule has 20 heavy (non-hydrogen) atoms. The van der Waals surface area contributed by atoms with Gasteiger partial charge in [0.25, 0.3) is 0 Å². The van der Waals surface area contributed by atoms with Gasteiger partial charge in [-0.1, -0.05) is 13.8 Å². The zero-order valence-corrected chi connectivity index (χ0v) is 12.7. The van der Waals surface area contributed by atoms with Crippen LogP contribution in [0.4, 0.5) is 4.79 Å². The largest absolute Gasteiger partial charge is 0.481 e. The summed E-state index contributed by atoms with van der Waals surface area (Å²) in [4.78, 5) is 24.9. The van der Waals surface area contributed by atoms with Gasteiger partial charge in [-0.15, -0.1) is 0 Å². The lowest BCUT2D eigenvalue weighted by Gasteiger charge is -2.24. The number of amides is 2. The van der Waals surface area contributed by atoms with Crippen LogP contribution in [-0.2, 0) is 4.79 Å². The van der Waals surface area contributed by atoms with E-state index in [1.165, 1.54) is 0 Å². The van der Waals surface area contributed by atoms with Crippen molar-refractivity contribution in [3.63, 3.8) is 0 Å². The molecule has 0 aromatic carbocycles. The van der Waals surface area contributed by atoms with E-state index in [1.54, 1.807) is 0 Å². The van der Waals surface area contributed by atoms with Crippen LogP contribution in [0, 0.1) is 5.92 Å². The molecule has 0 radical (unpaired) electrons. The molecule has 0 aliphatic heterocycles. The Morgan fingerprint density at radius 3 is 2.30 bits per heavy atom. The molecule has 1 rings (SSSR count). The Hall–Kier alpha value is -1.30. The highest BCUT2D eigenvalue weighted by Crippen LogP contribution is 2.33. The van der Waals surface area contributed by atoms with E-state index in [-0.39, 0.29) is 24.5 Å². The Labute approximate surface area is 120 Å². The molecule has 0 bridgehead atoms. The molecule has 1 fully saturated rings. The maximum absolute atomic E-state index is 11.9. The van der Waals surface area contributed by atoms with Crippen molar-refractivity contribution >= 4 is 12.0 Å². The highest BCUT2D eigenvalue weighted by Gasteiger charge is 2.33. The van der Waals surface area contributed by atoms with Crippen LogP contribution in [0.2, 0.25) is 0 Å². The summed E-state index contributed by atoms with van der Waals surface area (Å²) in [6, 6.07) is -0.462. The minimum absolute atomic E-state index is 0.00249. The Kier molecular flexibility index (Phi) is 6.78. The number of carbonyl (C=O) groups excluding carboxylic acids is 1. The fourth-order valence-electron chi connectivity index (χ4n) is 2.37. The number of urea groups is 1. The Balaban J connectivity index is 2.35. The molecule has 2 unspecified atom stereocenters. The fourth-order valence-corrected chi connectivity index (χ4v) is 2.37. The van der Waals surface area contributed by atoms with Gasteiger partial charge < -0.3 is 20.6 Å². The van der Waals surface area contributed by atoms with E-state index < -0.39 is 5.97 Å². The zero-order chi connectivity index (χ0) is 15.1. The van der Waals surface area contributed by atoms with Crippen LogP contribution >= 0.6 is 0 Å². The number of nitrogens with zero attached hydrogens (tertiary/aromatic N) is 1. The van der Waals surface area contributed by atoms with Crippen LogP contribution < -0.4 is 10.6 Å². The molecule has 0 aromatic heterocycles. The second-order valence-corrected chi connectivity index (χ2v) is 5.55. The first-order valence-electron chi connectivity index (χ1n) is 7.47. The van der Waals surface area contributed by atoms with Crippen LogP contribution in [-0.4, -0.2) is 53.7 Å². The molecule has 3 N–H and O–H groups in total. The van der Waals surface area contributed by atoms with Crippen molar-refractivity contribution in [3.8, 4) is 0 Å². The van der Waals surface area contributed by atoms with Crippen molar-refractivity contribution in [1.82, 2.24) is 15.5 Å². The van der Waals surface area contributed by atoms with Gasteiger partial charge in [0.2, 0.25) is 0 Å². The molecule has 0 aromatic rings. The lowest BCUT2D eigenvalue weighted by atomic mass is 10.1. The van der Waals surface area contributed by atoms with Gasteiger partial charge in [0.15, 0.2) is 0 Å². The van der Waals surface area contributed by atoms with E-state index in [2.05, 4.69) is 29.4 Å². The number of nitrogens with one attached hydrogen (secondary N) is 2. The maximum Gasteiger partial charge on any atom is 0.315 e. The summed E-state index contributed by atoms with van der Waals surface area (Å²) < 4.78 is 0. The molecule has 116 valence electrons. The summed E-state index contributed by atoms with van der Waals surface area (Å²) in [5, 5.41) is 14.5. The number of aliphatic carboxylic acids is 1. The first kappa shape index (κ1) is 16.8. The molecular formula is C14H27N3O3. The molecule has 6 heteroatoms. The molecule has 0 saturated heterocycles. The third-order valence-electron chi connectivity index (χ3n) is 3.71. The summed E-state index contributed by atoms with van der Waals surface area (Å²) in [5.41, 5.74) is 0. The molecule has 6 nitrogen and oxygen atoms in total. The van der Waals surface area contributed by atoms with Gasteiger partial charge in [0.05, 0.1) is 6.42 Å². The number of hydrogen-bond acceptors (Lipinski definition) is 3. The highest BCUT2D eigenvalue weighted by molar-refractivity contribution is 5.76. The number of carbonyl (C=O) groups is 2. The number of rotatable bonds is 9. The van der Waals surface area contributed by atoms with E-state index in [0.717, 1.165) is 32.5 Å². The van der Waals surface area contributed by atoms with Crippen LogP contribution in [0.3, 0.4) is 0 Å². The van der Waals surface area contributed by atoms with E-state index in [0.29, 0.717) is 5.92 Å². The van der Waals surface area contributed by atoms with Crippen LogP contribution in [0.15, 0.2) is 0 Å². The van der Waals surface area contributed by atoms with Crippen LogP contribution in [0.5, 0.6) is 0 Å².